The lowest BCUT2D eigenvalue weighted by molar-refractivity contribution is 0.0981. The molecule has 0 aliphatic rings. The second-order valence-electron chi connectivity index (χ2n) is 8.48. The molecule has 7 nitrogen and oxygen atoms in total. The fourth-order valence-electron chi connectivity index (χ4n) is 3.98. The van der Waals surface area contributed by atoms with Crippen LogP contribution >= 0.6 is 11.6 Å². The summed E-state index contributed by atoms with van der Waals surface area (Å²) in [4.78, 5) is 17.5. The van der Waals surface area contributed by atoms with Crippen LogP contribution in [-0.2, 0) is 16.6 Å². The first kappa shape index (κ1) is 23.8. The van der Waals surface area contributed by atoms with Crippen LogP contribution in [0.1, 0.15) is 27.3 Å². The number of aromatic nitrogens is 2. The van der Waals surface area contributed by atoms with E-state index in [4.69, 9.17) is 16.0 Å². The van der Waals surface area contributed by atoms with Gasteiger partial charge in [0.1, 0.15) is 11.6 Å². The molecule has 0 bridgehead atoms. The predicted molar refractivity (Wildman–Crippen MR) is 139 cm³/mol. The van der Waals surface area contributed by atoms with Gasteiger partial charge in [-0.25, -0.2) is 18.1 Å². The van der Waals surface area contributed by atoms with E-state index in [1.807, 2.05) is 48.7 Å². The van der Waals surface area contributed by atoms with Gasteiger partial charge in [0.05, 0.1) is 28.7 Å². The molecule has 5 aromatic rings. The molecule has 0 atom stereocenters. The molecule has 2 heterocycles. The van der Waals surface area contributed by atoms with Gasteiger partial charge >= 0.3 is 0 Å². The maximum Gasteiger partial charge on any atom is 0.265 e. The summed E-state index contributed by atoms with van der Waals surface area (Å²) in [5, 5.41) is 0.572. The molecular formula is C27H22ClN3O4S. The third-order valence-electron chi connectivity index (χ3n) is 5.95. The normalized spacial score (nSPS) is 11.6. The third kappa shape index (κ3) is 4.65. The predicted octanol–water partition coefficient (Wildman–Crippen LogP) is 5.73. The van der Waals surface area contributed by atoms with Crippen LogP contribution in [-0.4, -0.2) is 23.9 Å². The number of halogens is 1. The lowest BCUT2D eigenvalue weighted by Crippen LogP contribution is -2.30. The van der Waals surface area contributed by atoms with E-state index in [1.165, 1.54) is 12.1 Å². The zero-order chi connectivity index (χ0) is 25.4. The van der Waals surface area contributed by atoms with Crippen molar-refractivity contribution < 1.29 is 17.6 Å². The van der Waals surface area contributed by atoms with Gasteiger partial charge in [-0.05, 0) is 67.9 Å². The monoisotopic (exact) mass is 519 g/mol. The summed E-state index contributed by atoms with van der Waals surface area (Å²) < 4.78 is 34.9. The summed E-state index contributed by atoms with van der Waals surface area (Å²) in [7, 11) is -4.01. The Bertz CT molecular complexity index is 1690. The number of benzene rings is 3. The Labute approximate surface area is 213 Å². The summed E-state index contributed by atoms with van der Waals surface area (Å²) in [6.07, 6.45) is 1.61. The highest BCUT2D eigenvalue weighted by molar-refractivity contribution is 7.90. The number of carbonyl (C=O) groups is 1. The first-order valence-electron chi connectivity index (χ1n) is 11.1. The number of fused-ring (bicyclic) bond motifs is 1. The van der Waals surface area contributed by atoms with Gasteiger partial charge in [0.2, 0.25) is 0 Å². The molecule has 0 fully saturated rings. The van der Waals surface area contributed by atoms with E-state index in [9.17, 15) is 13.2 Å². The zero-order valence-corrected chi connectivity index (χ0v) is 21.1. The van der Waals surface area contributed by atoms with Crippen molar-refractivity contribution in [2.75, 3.05) is 0 Å². The minimum absolute atomic E-state index is 0.0241. The molecule has 0 saturated heterocycles. The molecule has 36 heavy (non-hydrogen) atoms. The number of aryl methyl sites for hydroxylation is 2. The van der Waals surface area contributed by atoms with Gasteiger partial charge in [0.15, 0.2) is 0 Å². The van der Waals surface area contributed by atoms with Crippen molar-refractivity contribution in [3.8, 4) is 11.3 Å². The van der Waals surface area contributed by atoms with E-state index >= 15 is 0 Å². The topological polar surface area (TPSA) is 94.2 Å². The molecule has 0 spiro atoms. The van der Waals surface area contributed by atoms with Gasteiger partial charge in [-0.3, -0.25) is 4.79 Å². The smallest absolute Gasteiger partial charge is 0.265 e. The maximum atomic E-state index is 12.9. The minimum atomic E-state index is -4.01. The average Bonchev–Trinajstić information content (AvgIpc) is 3.48. The lowest BCUT2D eigenvalue weighted by Gasteiger charge is -2.11. The number of nitrogens with zero attached hydrogens (tertiary/aromatic N) is 2. The van der Waals surface area contributed by atoms with E-state index in [2.05, 4.69) is 9.71 Å². The van der Waals surface area contributed by atoms with Crippen molar-refractivity contribution >= 4 is 38.6 Å². The second kappa shape index (κ2) is 9.29. The van der Waals surface area contributed by atoms with Gasteiger partial charge in [0, 0.05) is 16.1 Å². The molecule has 3 aromatic carbocycles. The fourth-order valence-corrected chi connectivity index (χ4v) is 5.20. The summed E-state index contributed by atoms with van der Waals surface area (Å²) in [5.74, 6) is 0.744. The van der Waals surface area contributed by atoms with E-state index in [0.717, 1.165) is 28.3 Å². The molecule has 0 radical (unpaired) electrons. The number of sulfonamides is 1. The number of amides is 1. The van der Waals surface area contributed by atoms with Crippen molar-refractivity contribution in [1.29, 1.82) is 0 Å². The number of imidazole rings is 1. The van der Waals surface area contributed by atoms with Crippen molar-refractivity contribution in [2.45, 2.75) is 25.3 Å². The number of hydrogen-bond donors (Lipinski definition) is 1. The van der Waals surface area contributed by atoms with E-state index in [1.54, 1.807) is 36.6 Å². The molecule has 2 aromatic heterocycles. The molecular weight excluding hydrogens is 498 g/mol. The highest BCUT2D eigenvalue weighted by Gasteiger charge is 2.20. The minimum Gasteiger partial charge on any atom is -0.464 e. The first-order valence-corrected chi connectivity index (χ1v) is 13.0. The zero-order valence-electron chi connectivity index (χ0n) is 19.5. The average molecular weight is 520 g/mol. The van der Waals surface area contributed by atoms with E-state index < -0.39 is 15.9 Å². The van der Waals surface area contributed by atoms with Crippen molar-refractivity contribution in [3.05, 3.63) is 107 Å². The van der Waals surface area contributed by atoms with Crippen molar-refractivity contribution in [3.63, 3.8) is 0 Å². The van der Waals surface area contributed by atoms with Gasteiger partial charge < -0.3 is 8.98 Å². The van der Waals surface area contributed by atoms with E-state index in [-0.39, 0.29) is 10.5 Å². The van der Waals surface area contributed by atoms with Gasteiger partial charge in [-0.1, -0.05) is 41.4 Å². The summed E-state index contributed by atoms with van der Waals surface area (Å²) >= 11 is 6.58. The van der Waals surface area contributed by atoms with Gasteiger partial charge in [-0.15, -0.1) is 0 Å². The quantitative estimate of drug-likeness (QED) is 0.309. The Morgan fingerprint density at radius 2 is 1.81 bits per heavy atom. The molecule has 9 heteroatoms. The van der Waals surface area contributed by atoms with E-state index in [0.29, 0.717) is 22.6 Å². The molecule has 1 N–H and O–H groups in total. The van der Waals surface area contributed by atoms with Crippen LogP contribution in [0, 0.1) is 13.8 Å². The van der Waals surface area contributed by atoms with Gasteiger partial charge in [0.25, 0.3) is 15.9 Å². The van der Waals surface area contributed by atoms with Gasteiger partial charge in [-0.2, -0.15) is 0 Å². The van der Waals surface area contributed by atoms with Crippen LogP contribution in [0.25, 0.3) is 22.4 Å². The number of carbonyl (C=O) groups excluding carboxylic acids is 1. The first-order chi connectivity index (χ1) is 17.2. The van der Waals surface area contributed by atoms with Crippen LogP contribution < -0.4 is 4.72 Å². The number of rotatable bonds is 6. The van der Waals surface area contributed by atoms with Crippen molar-refractivity contribution in [2.24, 2.45) is 0 Å². The van der Waals surface area contributed by atoms with Crippen LogP contribution in [0.15, 0.2) is 88.4 Å². The van der Waals surface area contributed by atoms with Crippen LogP contribution in [0.3, 0.4) is 0 Å². The van der Waals surface area contributed by atoms with Crippen molar-refractivity contribution in [1.82, 2.24) is 14.3 Å². The highest BCUT2D eigenvalue weighted by atomic mass is 35.5. The number of hydrogen-bond acceptors (Lipinski definition) is 5. The van der Waals surface area contributed by atoms with Crippen LogP contribution in [0.5, 0.6) is 0 Å². The van der Waals surface area contributed by atoms with Crippen LogP contribution in [0.2, 0.25) is 5.02 Å². The molecule has 0 saturated carbocycles. The molecule has 0 unspecified atom stereocenters. The Morgan fingerprint density at radius 1 is 1.03 bits per heavy atom. The third-order valence-corrected chi connectivity index (χ3v) is 7.65. The Morgan fingerprint density at radius 3 is 2.50 bits per heavy atom. The Balaban J connectivity index is 1.43. The molecule has 5 rings (SSSR count). The lowest BCUT2D eigenvalue weighted by atomic mass is 10.1. The summed E-state index contributed by atoms with van der Waals surface area (Å²) in [6.45, 7) is 4.15. The fraction of sp³-hybridized carbons (Fsp3) is 0.111. The SMILES string of the molecule is Cc1ccc(S(=O)(=O)NC(=O)c2ccc3nc(C)n(Cc4ccc(-c5ccco5)cc4Cl)c3c2)cc1. The number of furan rings is 1. The Kier molecular flexibility index (Phi) is 6.15. The standard InChI is InChI=1S/C27H22ClN3O4S/c1-17-5-10-22(11-6-17)36(33,34)30-27(32)20-9-12-24-25(15-20)31(18(2)29-24)16-21-8-7-19(14-23(21)28)26-4-3-13-35-26/h3-15H,16H2,1-2H3,(H,30,32). The second-order valence-corrected chi connectivity index (χ2v) is 10.6. The summed E-state index contributed by atoms with van der Waals surface area (Å²) in [6, 6.07) is 20.6. The number of nitrogens with one attached hydrogen (secondary N) is 1. The molecule has 182 valence electrons. The maximum absolute atomic E-state index is 12.9. The largest absolute Gasteiger partial charge is 0.464 e. The molecule has 0 aliphatic carbocycles. The summed E-state index contributed by atoms with van der Waals surface area (Å²) in [5.41, 5.74) is 4.25. The van der Waals surface area contributed by atoms with Crippen LogP contribution in [0.4, 0.5) is 0 Å². The Hall–Kier alpha value is -3.88. The molecule has 0 aliphatic heterocycles. The molecule has 1 amide bonds. The highest BCUT2D eigenvalue weighted by Crippen LogP contribution is 2.28.